The van der Waals surface area contributed by atoms with E-state index in [9.17, 15) is 5.11 Å². The van der Waals surface area contributed by atoms with E-state index >= 15 is 0 Å². The van der Waals surface area contributed by atoms with Crippen LogP contribution in [0.3, 0.4) is 0 Å². The van der Waals surface area contributed by atoms with Gasteiger partial charge in [-0.05, 0) is 18.2 Å². The smallest absolute Gasteiger partial charge is 0.180 e. The van der Waals surface area contributed by atoms with Crippen LogP contribution in [0.1, 0.15) is 5.56 Å². The van der Waals surface area contributed by atoms with Crippen LogP contribution < -0.4 is 20.7 Å². The maximum absolute atomic E-state index is 9.48. The number of fused-ring (bicyclic) bond motifs is 1. The van der Waals surface area contributed by atoms with Crippen LogP contribution in [0.4, 0.5) is 22.9 Å². The highest BCUT2D eigenvalue weighted by atomic mass is 16.5. The van der Waals surface area contributed by atoms with E-state index in [0.29, 0.717) is 47.3 Å². The number of aliphatic hydroxyl groups excluding tert-OH is 1. The fourth-order valence-electron chi connectivity index (χ4n) is 4.22. The number of hydrogen-bond acceptors (Lipinski definition) is 9. The summed E-state index contributed by atoms with van der Waals surface area (Å²) in [6.45, 7) is 1.85. The van der Waals surface area contributed by atoms with Gasteiger partial charge in [-0.25, -0.2) is 9.97 Å². The Labute approximate surface area is 202 Å². The number of ether oxygens (including phenoxy) is 2. The average molecular weight is 474 g/mol. The van der Waals surface area contributed by atoms with Crippen molar-refractivity contribution < 1.29 is 14.6 Å². The predicted octanol–water partition coefficient (Wildman–Crippen LogP) is 2.93. The van der Waals surface area contributed by atoms with Crippen molar-refractivity contribution in [3.8, 4) is 17.0 Å². The first-order valence-corrected chi connectivity index (χ1v) is 11.3. The predicted molar refractivity (Wildman–Crippen MR) is 136 cm³/mol. The molecule has 2 aromatic heterocycles. The molecule has 5 rings (SSSR count). The lowest BCUT2D eigenvalue weighted by molar-refractivity contribution is 0.00347. The summed E-state index contributed by atoms with van der Waals surface area (Å²) in [5.41, 5.74) is 11.2. The molecule has 4 aromatic rings. The number of nitrogens with zero attached hydrogens (tertiary/aromatic N) is 4. The van der Waals surface area contributed by atoms with Crippen LogP contribution in [0, 0.1) is 5.41 Å². The summed E-state index contributed by atoms with van der Waals surface area (Å²) < 4.78 is 13.2. The Kier molecular flexibility index (Phi) is 6.21. The molecule has 0 unspecified atom stereocenters. The van der Waals surface area contributed by atoms with E-state index < -0.39 is 0 Å². The lowest BCUT2D eigenvalue weighted by Crippen LogP contribution is -2.44. The first-order valence-electron chi connectivity index (χ1n) is 11.3. The quantitative estimate of drug-likeness (QED) is 0.238. The molecule has 10 heteroatoms. The maximum Gasteiger partial charge on any atom is 0.180 e. The first kappa shape index (κ1) is 22.6. The number of aromatic nitrogens is 3. The van der Waals surface area contributed by atoms with E-state index in [2.05, 4.69) is 15.2 Å². The van der Waals surface area contributed by atoms with E-state index in [4.69, 9.17) is 25.6 Å². The zero-order chi connectivity index (χ0) is 24.4. The summed E-state index contributed by atoms with van der Waals surface area (Å²) in [7, 11) is 1.64. The van der Waals surface area contributed by atoms with Crippen molar-refractivity contribution in [3.05, 3.63) is 60.6 Å². The van der Waals surface area contributed by atoms with E-state index in [1.54, 1.807) is 19.4 Å². The van der Waals surface area contributed by atoms with Crippen LogP contribution >= 0.6 is 0 Å². The Morgan fingerprint density at radius 1 is 1.31 bits per heavy atom. The molecule has 180 valence electrons. The topological polar surface area (TPSA) is 134 Å². The number of nitrogens with one attached hydrogen (secondary N) is 2. The molecular weight excluding hydrogens is 446 g/mol. The van der Waals surface area contributed by atoms with Crippen LogP contribution in [0.2, 0.25) is 0 Å². The van der Waals surface area contributed by atoms with E-state index in [1.807, 2.05) is 47.1 Å². The summed E-state index contributed by atoms with van der Waals surface area (Å²) >= 11 is 0. The average Bonchev–Trinajstić information content (AvgIpc) is 3.38. The lowest BCUT2D eigenvalue weighted by atomic mass is 10.1. The Bertz CT molecular complexity index is 1370. The molecule has 1 aliphatic rings. The molecule has 1 saturated heterocycles. The highest BCUT2D eigenvalue weighted by Crippen LogP contribution is 2.34. The second-order valence-corrected chi connectivity index (χ2v) is 8.25. The van der Waals surface area contributed by atoms with E-state index in [1.165, 1.54) is 6.21 Å². The summed E-state index contributed by atoms with van der Waals surface area (Å²) in [5.74, 6) is 1.29. The molecule has 5 N–H and O–H groups in total. The van der Waals surface area contributed by atoms with Gasteiger partial charge in [0.25, 0.3) is 0 Å². The molecule has 10 nitrogen and oxygen atoms in total. The Morgan fingerprint density at radius 3 is 2.97 bits per heavy atom. The van der Waals surface area contributed by atoms with Crippen molar-refractivity contribution in [3.63, 3.8) is 0 Å². The zero-order valence-electron chi connectivity index (χ0n) is 19.3. The number of hydrogen-bond donors (Lipinski definition) is 4. The molecule has 0 amide bonds. The van der Waals surface area contributed by atoms with Gasteiger partial charge in [-0.1, -0.05) is 12.1 Å². The molecule has 1 atom stereocenters. The summed E-state index contributed by atoms with van der Waals surface area (Å²) in [5, 5.41) is 20.3. The van der Waals surface area contributed by atoms with Gasteiger partial charge in [-0.3, -0.25) is 0 Å². The van der Waals surface area contributed by atoms with Gasteiger partial charge in [0.15, 0.2) is 11.5 Å². The molecule has 0 saturated carbocycles. The van der Waals surface area contributed by atoms with Gasteiger partial charge in [0.1, 0.15) is 5.75 Å². The largest absolute Gasteiger partial charge is 0.495 e. The molecule has 1 aliphatic heterocycles. The highest BCUT2D eigenvalue weighted by Gasteiger charge is 2.22. The molecule has 0 spiro atoms. The van der Waals surface area contributed by atoms with Crippen LogP contribution in [0.25, 0.3) is 16.9 Å². The fourth-order valence-corrected chi connectivity index (χ4v) is 4.22. The number of imidazole rings is 1. The number of aliphatic hydroxyl groups is 1. The SMILES string of the molecule is COc1cc(Nc2nc(-c3ccc(C=N)c(N)c3)cn3ccnc23)ccc1N1CCO[C@@H](CO)C1. The van der Waals surface area contributed by atoms with E-state index in [0.717, 1.165) is 23.5 Å². The van der Waals surface area contributed by atoms with Gasteiger partial charge in [-0.15, -0.1) is 0 Å². The van der Waals surface area contributed by atoms with Crippen molar-refractivity contribution in [2.75, 3.05) is 49.4 Å². The molecular formula is C25H27N7O3. The number of rotatable bonds is 7. The number of benzene rings is 2. The third kappa shape index (κ3) is 4.48. The third-order valence-electron chi connectivity index (χ3n) is 6.04. The van der Waals surface area contributed by atoms with Gasteiger partial charge >= 0.3 is 0 Å². The van der Waals surface area contributed by atoms with Gasteiger partial charge in [0.2, 0.25) is 0 Å². The summed E-state index contributed by atoms with van der Waals surface area (Å²) in [6, 6.07) is 11.4. The van der Waals surface area contributed by atoms with Gasteiger partial charge in [0.05, 0.1) is 37.8 Å². The number of anilines is 4. The number of nitrogens with two attached hydrogens (primary N) is 1. The molecule has 3 heterocycles. The van der Waals surface area contributed by atoms with Crippen LogP contribution in [-0.4, -0.2) is 65.2 Å². The fraction of sp³-hybridized carbons (Fsp3) is 0.240. The van der Waals surface area contributed by atoms with Gasteiger partial charge in [-0.2, -0.15) is 0 Å². The number of morpholine rings is 1. The highest BCUT2D eigenvalue weighted by molar-refractivity contribution is 5.87. The first-order chi connectivity index (χ1) is 17.1. The zero-order valence-corrected chi connectivity index (χ0v) is 19.3. The third-order valence-corrected chi connectivity index (χ3v) is 6.04. The molecule has 0 radical (unpaired) electrons. The molecule has 0 aliphatic carbocycles. The van der Waals surface area contributed by atoms with Crippen molar-refractivity contribution in [2.45, 2.75) is 6.10 Å². The normalized spacial score (nSPS) is 15.8. The van der Waals surface area contributed by atoms with Gasteiger partial charge in [0, 0.05) is 66.5 Å². The Morgan fingerprint density at radius 2 is 2.20 bits per heavy atom. The number of methoxy groups -OCH3 is 1. The number of nitrogen functional groups attached to an aromatic ring is 1. The van der Waals surface area contributed by atoms with Crippen molar-refractivity contribution in [2.24, 2.45) is 0 Å². The maximum atomic E-state index is 9.48. The van der Waals surface area contributed by atoms with Crippen LogP contribution in [0.15, 0.2) is 55.0 Å². The molecule has 1 fully saturated rings. The minimum absolute atomic E-state index is 0.0173. The molecule has 0 bridgehead atoms. The van der Waals surface area contributed by atoms with E-state index in [-0.39, 0.29) is 12.7 Å². The Hall–Kier alpha value is -4.15. The molecule has 2 aromatic carbocycles. The van der Waals surface area contributed by atoms with Crippen molar-refractivity contribution in [1.29, 1.82) is 5.41 Å². The second-order valence-electron chi connectivity index (χ2n) is 8.25. The van der Waals surface area contributed by atoms with Crippen LogP contribution in [0.5, 0.6) is 5.75 Å². The standard InChI is InChI=1S/C25H27N7O3/c1-34-23-11-18(4-5-22(23)31-8-9-35-19(13-31)15-33)29-24-25-28-6-7-32(25)14-21(30-24)16-2-3-17(12-26)20(27)10-16/h2-7,10-12,14,19,26,33H,8-9,13,15,27H2,1H3,(H,29,30)/t19-/m1/s1. The minimum atomic E-state index is -0.214. The van der Waals surface area contributed by atoms with Gasteiger partial charge < -0.3 is 40.3 Å². The second kappa shape index (κ2) is 9.61. The monoisotopic (exact) mass is 473 g/mol. The van der Waals surface area contributed by atoms with Crippen molar-refractivity contribution in [1.82, 2.24) is 14.4 Å². The lowest BCUT2D eigenvalue weighted by Gasteiger charge is -2.34. The Balaban J connectivity index is 1.48. The van der Waals surface area contributed by atoms with Crippen LogP contribution in [-0.2, 0) is 4.74 Å². The molecule has 35 heavy (non-hydrogen) atoms. The summed E-state index contributed by atoms with van der Waals surface area (Å²) in [4.78, 5) is 11.4. The summed E-state index contributed by atoms with van der Waals surface area (Å²) in [6.07, 6.45) is 6.50. The minimum Gasteiger partial charge on any atom is -0.495 e. The van der Waals surface area contributed by atoms with Crippen molar-refractivity contribution >= 4 is 34.7 Å².